The molecule has 2 aromatic rings. The molecule has 1 heterocycles. The second-order valence-electron chi connectivity index (χ2n) is 4.01. The van der Waals surface area contributed by atoms with Crippen LogP contribution in [0.2, 0.25) is 0 Å². The second kappa shape index (κ2) is 6.34. The van der Waals surface area contributed by atoms with E-state index < -0.39 is 0 Å². The number of anilines is 1. The SMILES string of the molecule is COc1nc(N(C)Cc2cccc(Br)c2)ncc1Br. The van der Waals surface area contributed by atoms with Gasteiger partial charge in [-0.25, -0.2) is 4.98 Å². The van der Waals surface area contributed by atoms with Gasteiger partial charge in [0.25, 0.3) is 0 Å². The maximum Gasteiger partial charge on any atom is 0.232 e. The summed E-state index contributed by atoms with van der Waals surface area (Å²) in [4.78, 5) is 10.6. The van der Waals surface area contributed by atoms with Gasteiger partial charge in [0.1, 0.15) is 0 Å². The van der Waals surface area contributed by atoms with E-state index in [0.29, 0.717) is 11.8 Å². The Kier molecular flexibility index (Phi) is 4.76. The van der Waals surface area contributed by atoms with E-state index in [9.17, 15) is 0 Å². The third-order valence-corrected chi connectivity index (χ3v) is 3.58. The molecule has 0 N–H and O–H groups in total. The van der Waals surface area contributed by atoms with Gasteiger partial charge in [-0.1, -0.05) is 28.1 Å². The van der Waals surface area contributed by atoms with Crippen LogP contribution in [0.4, 0.5) is 5.95 Å². The molecular weight excluding hydrogens is 374 g/mol. The molecule has 0 saturated heterocycles. The van der Waals surface area contributed by atoms with E-state index in [2.05, 4.69) is 54.0 Å². The first-order valence-electron chi connectivity index (χ1n) is 5.62. The second-order valence-corrected chi connectivity index (χ2v) is 5.78. The van der Waals surface area contributed by atoms with Gasteiger partial charge in [0.05, 0.1) is 17.8 Å². The lowest BCUT2D eigenvalue weighted by Crippen LogP contribution is -2.19. The van der Waals surface area contributed by atoms with Crippen LogP contribution in [0.15, 0.2) is 39.4 Å². The predicted molar refractivity (Wildman–Crippen MR) is 82.5 cm³/mol. The molecule has 0 bridgehead atoms. The summed E-state index contributed by atoms with van der Waals surface area (Å²) < 4.78 is 6.98. The maximum absolute atomic E-state index is 5.17. The van der Waals surface area contributed by atoms with Gasteiger partial charge in [0.15, 0.2) is 0 Å². The van der Waals surface area contributed by atoms with Crippen molar-refractivity contribution >= 4 is 37.8 Å². The molecule has 1 aromatic heterocycles. The number of ether oxygens (including phenoxy) is 1. The molecule has 0 saturated carbocycles. The van der Waals surface area contributed by atoms with Crippen molar-refractivity contribution in [2.75, 3.05) is 19.1 Å². The van der Waals surface area contributed by atoms with Gasteiger partial charge in [-0.05, 0) is 33.6 Å². The molecule has 4 nitrogen and oxygen atoms in total. The molecule has 0 radical (unpaired) electrons. The van der Waals surface area contributed by atoms with E-state index in [1.807, 2.05) is 24.1 Å². The minimum absolute atomic E-state index is 0.533. The lowest BCUT2D eigenvalue weighted by atomic mass is 10.2. The van der Waals surface area contributed by atoms with E-state index in [1.165, 1.54) is 5.56 Å². The van der Waals surface area contributed by atoms with Gasteiger partial charge in [-0.15, -0.1) is 0 Å². The minimum Gasteiger partial charge on any atom is -0.480 e. The van der Waals surface area contributed by atoms with Crippen molar-refractivity contribution in [3.63, 3.8) is 0 Å². The highest BCUT2D eigenvalue weighted by atomic mass is 79.9. The number of aromatic nitrogens is 2. The zero-order valence-corrected chi connectivity index (χ0v) is 13.8. The number of halogens is 2. The lowest BCUT2D eigenvalue weighted by molar-refractivity contribution is 0.394. The number of benzene rings is 1. The number of hydrogen-bond acceptors (Lipinski definition) is 4. The summed E-state index contributed by atoms with van der Waals surface area (Å²) >= 11 is 6.81. The summed E-state index contributed by atoms with van der Waals surface area (Å²) in [7, 11) is 3.54. The van der Waals surface area contributed by atoms with Crippen molar-refractivity contribution in [2.45, 2.75) is 6.54 Å². The highest BCUT2D eigenvalue weighted by molar-refractivity contribution is 9.10. The fraction of sp³-hybridized carbons (Fsp3) is 0.231. The third-order valence-electron chi connectivity index (χ3n) is 2.54. The summed E-state index contributed by atoms with van der Waals surface area (Å²) in [6.07, 6.45) is 1.69. The number of rotatable bonds is 4. The fourth-order valence-electron chi connectivity index (χ4n) is 1.65. The molecule has 0 aliphatic carbocycles. The van der Waals surface area contributed by atoms with Gasteiger partial charge >= 0.3 is 0 Å². The van der Waals surface area contributed by atoms with Crippen LogP contribution in [-0.4, -0.2) is 24.1 Å². The minimum atomic E-state index is 0.533. The van der Waals surface area contributed by atoms with Crippen LogP contribution in [0.5, 0.6) is 5.88 Å². The van der Waals surface area contributed by atoms with E-state index >= 15 is 0 Å². The van der Waals surface area contributed by atoms with E-state index in [0.717, 1.165) is 15.5 Å². The van der Waals surface area contributed by atoms with Gasteiger partial charge < -0.3 is 9.64 Å². The predicted octanol–water partition coefficient (Wildman–Crippen LogP) is 3.65. The highest BCUT2D eigenvalue weighted by Crippen LogP contribution is 2.23. The summed E-state index contributed by atoms with van der Waals surface area (Å²) in [5.41, 5.74) is 1.18. The normalized spacial score (nSPS) is 10.3. The van der Waals surface area contributed by atoms with Crippen LogP contribution in [0.3, 0.4) is 0 Å². The van der Waals surface area contributed by atoms with E-state index in [4.69, 9.17) is 4.74 Å². The first-order chi connectivity index (χ1) is 9.10. The van der Waals surface area contributed by atoms with Crippen molar-refractivity contribution in [3.05, 3.63) is 45.0 Å². The van der Waals surface area contributed by atoms with Crippen LogP contribution in [0.25, 0.3) is 0 Å². The summed E-state index contributed by atoms with van der Waals surface area (Å²) in [5.74, 6) is 1.16. The third kappa shape index (κ3) is 3.67. The molecule has 2 rings (SSSR count). The monoisotopic (exact) mass is 385 g/mol. The van der Waals surface area contributed by atoms with Crippen LogP contribution < -0.4 is 9.64 Å². The lowest BCUT2D eigenvalue weighted by Gasteiger charge is -2.17. The molecule has 0 atom stereocenters. The topological polar surface area (TPSA) is 38.2 Å². The molecule has 0 amide bonds. The van der Waals surface area contributed by atoms with Crippen LogP contribution in [-0.2, 0) is 6.54 Å². The van der Waals surface area contributed by atoms with Crippen molar-refractivity contribution in [2.24, 2.45) is 0 Å². The Labute approximate surface area is 129 Å². The smallest absolute Gasteiger partial charge is 0.232 e. The molecule has 1 aromatic carbocycles. The summed E-state index contributed by atoms with van der Waals surface area (Å²) in [6, 6.07) is 8.16. The molecule has 0 spiro atoms. The molecule has 19 heavy (non-hydrogen) atoms. The molecular formula is C13H13Br2N3O. The number of methoxy groups -OCH3 is 1. The zero-order valence-electron chi connectivity index (χ0n) is 10.6. The van der Waals surface area contributed by atoms with Crippen LogP contribution in [0, 0.1) is 0 Å². The Balaban J connectivity index is 2.18. The fourth-order valence-corrected chi connectivity index (χ4v) is 2.45. The average molecular weight is 387 g/mol. The molecule has 0 unspecified atom stereocenters. The number of nitrogens with zero attached hydrogens (tertiary/aromatic N) is 3. The largest absolute Gasteiger partial charge is 0.480 e. The Morgan fingerprint density at radius 2 is 2.11 bits per heavy atom. The van der Waals surface area contributed by atoms with E-state index in [-0.39, 0.29) is 0 Å². The standard InChI is InChI=1S/C13H13Br2N3O/c1-18(8-9-4-3-5-10(14)6-9)13-16-7-11(15)12(17-13)19-2/h3-7H,8H2,1-2H3. The Bertz CT molecular complexity index is 578. The summed E-state index contributed by atoms with van der Waals surface area (Å²) in [5, 5.41) is 0. The van der Waals surface area contributed by atoms with E-state index in [1.54, 1.807) is 13.3 Å². The van der Waals surface area contributed by atoms with Crippen LogP contribution in [0.1, 0.15) is 5.56 Å². The van der Waals surface area contributed by atoms with Gasteiger partial charge in [0, 0.05) is 18.1 Å². The van der Waals surface area contributed by atoms with Crippen molar-refractivity contribution in [1.29, 1.82) is 0 Å². The Hall–Kier alpha value is -1.14. The van der Waals surface area contributed by atoms with Crippen molar-refractivity contribution in [3.8, 4) is 5.88 Å². The molecule has 6 heteroatoms. The molecule has 0 aliphatic rings. The highest BCUT2D eigenvalue weighted by Gasteiger charge is 2.09. The van der Waals surface area contributed by atoms with Gasteiger partial charge in [-0.2, -0.15) is 4.98 Å². The quantitative estimate of drug-likeness (QED) is 0.803. The molecule has 0 fully saturated rings. The first kappa shape index (κ1) is 14.3. The molecule has 100 valence electrons. The van der Waals surface area contributed by atoms with Crippen molar-refractivity contribution < 1.29 is 4.74 Å². The number of hydrogen-bond donors (Lipinski definition) is 0. The maximum atomic E-state index is 5.17. The van der Waals surface area contributed by atoms with Crippen LogP contribution >= 0.6 is 31.9 Å². The average Bonchev–Trinajstić information content (AvgIpc) is 2.39. The summed E-state index contributed by atoms with van der Waals surface area (Å²) in [6.45, 7) is 0.726. The Morgan fingerprint density at radius 3 is 2.79 bits per heavy atom. The van der Waals surface area contributed by atoms with Crippen molar-refractivity contribution in [1.82, 2.24) is 9.97 Å². The van der Waals surface area contributed by atoms with Gasteiger partial charge in [-0.3, -0.25) is 0 Å². The van der Waals surface area contributed by atoms with Gasteiger partial charge in [0.2, 0.25) is 11.8 Å². The Morgan fingerprint density at radius 1 is 1.32 bits per heavy atom. The first-order valence-corrected chi connectivity index (χ1v) is 7.21. The zero-order chi connectivity index (χ0) is 13.8. The molecule has 0 aliphatic heterocycles.